The zero-order valence-electron chi connectivity index (χ0n) is 13.8. The lowest BCUT2D eigenvalue weighted by molar-refractivity contribution is -0.142. The van der Waals surface area contributed by atoms with Gasteiger partial charge in [0.25, 0.3) is 0 Å². The number of amides is 1. The summed E-state index contributed by atoms with van der Waals surface area (Å²) in [6, 6.07) is 5.20. The maximum Gasteiger partial charge on any atom is 0.336 e. The highest BCUT2D eigenvalue weighted by atomic mass is 35.5. The first-order chi connectivity index (χ1) is 12.0. The van der Waals surface area contributed by atoms with E-state index < -0.39 is 11.9 Å². The van der Waals surface area contributed by atoms with Crippen LogP contribution in [0.2, 0.25) is 10.0 Å². The molecule has 1 amide bonds. The van der Waals surface area contributed by atoms with Crippen LogP contribution in [0, 0.1) is 0 Å². The Kier molecular flexibility index (Phi) is 5.67. The molecule has 2 heterocycles. The van der Waals surface area contributed by atoms with Gasteiger partial charge >= 0.3 is 5.97 Å². The Balaban J connectivity index is 1.86. The number of halogens is 2. The Morgan fingerprint density at radius 2 is 2.20 bits per heavy atom. The van der Waals surface area contributed by atoms with E-state index in [0.717, 1.165) is 12.8 Å². The van der Waals surface area contributed by atoms with Gasteiger partial charge in [0.2, 0.25) is 5.91 Å². The third-order valence-electron chi connectivity index (χ3n) is 4.47. The smallest absolute Gasteiger partial charge is 0.336 e. The van der Waals surface area contributed by atoms with Gasteiger partial charge in [0.05, 0.1) is 21.7 Å². The normalized spacial score (nSPS) is 23.6. The Morgan fingerprint density at radius 1 is 1.40 bits per heavy atom. The van der Waals surface area contributed by atoms with Crippen LogP contribution < -0.4 is 5.32 Å². The van der Waals surface area contributed by atoms with Gasteiger partial charge in [0, 0.05) is 24.6 Å². The highest BCUT2D eigenvalue weighted by molar-refractivity contribution is 6.42. The van der Waals surface area contributed by atoms with Crippen molar-refractivity contribution in [3.8, 4) is 0 Å². The molecular formula is C18H19Cl2NO4. The zero-order chi connectivity index (χ0) is 18.0. The van der Waals surface area contributed by atoms with Crippen LogP contribution in [0.5, 0.6) is 0 Å². The van der Waals surface area contributed by atoms with Gasteiger partial charge in [-0.05, 0) is 31.4 Å². The van der Waals surface area contributed by atoms with Gasteiger partial charge in [-0.15, -0.1) is 0 Å². The van der Waals surface area contributed by atoms with Crippen LogP contribution in [-0.2, 0) is 19.1 Å². The van der Waals surface area contributed by atoms with E-state index in [2.05, 4.69) is 5.32 Å². The fourth-order valence-electron chi connectivity index (χ4n) is 3.25. The van der Waals surface area contributed by atoms with E-state index in [1.165, 1.54) is 0 Å². The number of ether oxygens (including phenoxy) is 2. The fourth-order valence-corrected chi connectivity index (χ4v) is 3.69. The second kappa shape index (κ2) is 7.77. The van der Waals surface area contributed by atoms with Crippen molar-refractivity contribution < 1.29 is 19.1 Å². The second-order valence-corrected chi connectivity index (χ2v) is 7.01. The van der Waals surface area contributed by atoms with Crippen LogP contribution in [-0.4, -0.2) is 31.2 Å². The van der Waals surface area contributed by atoms with Gasteiger partial charge in [-0.2, -0.15) is 0 Å². The van der Waals surface area contributed by atoms with Gasteiger partial charge < -0.3 is 14.8 Å². The van der Waals surface area contributed by atoms with Crippen LogP contribution in [0.15, 0.2) is 29.5 Å². The first-order valence-electron chi connectivity index (χ1n) is 8.20. The van der Waals surface area contributed by atoms with Gasteiger partial charge in [-0.1, -0.05) is 35.3 Å². The van der Waals surface area contributed by atoms with E-state index in [-0.39, 0.29) is 25.0 Å². The monoisotopic (exact) mass is 383 g/mol. The molecule has 7 heteroatoms. The molecule has 134 valence electrons. The third kappa shape index (κ3) is 4.00. The summed E-state index contributed by atoms with van der Waals surface area (Å²) < 4.78 is 10.9. The molecule has 1 fully saturated rings. The molecule has 5 nitrogen and oxygen atoms in total. The van der Waals surface area contributed by atoms with Crippen LogP contribution in [0.4, 0.5) is 0 Å². The molecule has 2 atom stereocenters. The molecule has 1 saturated heterocycles. The Bertz CT molecular complexity index is 726. The Hall–Kier alpha value is -1.56. The topological polar surface area (TPSA) is 64.6 Å². The molecule has 1 aromatic carbocycles. The molecule has 3 rings (SSSR count). The Morgan fingerprint density at radius 3 is 2.92 bits per heavy atom. The highest BCUT2D eigenvalue weighted by Gasteiger charge is 2.34. The van der Waals surface area contributed by atoms with Crippen molar-refractivity contribution in [2.45, 2.75) is 38.2 Å². The minimum Gasteiger partial charge on any atom is -0.460 e. The average Bonchev–Trinajstić information content (AvgIpc) is 3.08. The van der Waals surface area contributed by atoms with Crippen molar-refractivity contribution in [1.29, 1.82) is 0 Å². The first kappa shape index (κ1) is 18.2. The predicted molar refractivity (Wildman–Crippen MR) is 94.6 cm³/mol. The molecule has 0 spiro atoms. The van der Waals surface area contributed by atoms with E-state index >= 15 is 0 Å². The average molecular weight is 384 g/mol. The van der Waals surface area contributed by atoms with Crippen molar-refractivity contribution in [2.24, 2.45) is 0 Å². The predicted octanol–water partition coefficient (Wildman–Crippen LogP) is 3.59. The molecule has 0 radical (unpaired) electrons. The van der Waals surface area contributed by atoms with Crippen molar-refractivity contribution in [1.82, 2.24) is 5.32 Å². The van der Waals surface area contributed by atoms with Crippen LogP contribution >= 0.6 is 23.2 Å². The summed E-state index contributed by atoms with van der Waals surface area (Å²) in [5.41, 5.74) is 1.53. The zero-order valence-corrected chi connectivity index (χ0v) is 15.3. The van der Waals surface area contributed by atoms with Crippen molar-refractivity contribution in [2.75, 3.05) is 13.2 Å². The summed E-state index contributed by atoms with van der Waals surface area (Å²) >= 11 is 12.4. The van der Waals surface area contributed by atoms with Crippen LogP contribution in [0.3, 0.4) is 0 Å². The quantitative estimate of drug-likeness (QED) is 0.806. The molecule has 0 aromatic heterocycles. The Labute approximate surface area is 156 Å². The van der Waals surface area contributed by atoms with Crippen molar-refractivity contribution in [3.63, 3.8) is 0 Å². The minimum absolute atomic E-state index is 0.0590. The van der Waals surface area contributed by atoms with E-state index in [1.807, 2.05) is 0 Å². The molecule has 0 unspecified atom stereocenters. The lowest BCUT2D eigenvalue weighted by Gasteiger charge is -2.27. The molecule has 1 N–H and O–H groups in total. The van der Waals surface area contributed by atoms with Crippen molar-refractivity contribution >= 4 is 35.1 Å². The minimum atomic E-state index is -0.489. The van der Waals surface area contributed by atoms with Crippen molar-refractivity contribution in [3.05, 3.63) is 45.1 Å². The number of benzene rings is 1. The maximum absolute atomic E-state index is 12.7. The molecule has 0 aliphatic carbocycles. The maximum atomic E-state index is 12.7. The summed E-state index contributed by atoms with van der Waals surface area (Å²) in [6.07, 6.45) is 1.91. The molecular weight excluding hydrogens is 365 g/mol. The highest BCUT2D eigenvalue weighted by Crippen LogP contribution is 2.39. The lowest BCUT2D eigenvalue weighted by atomic mass is 9.84. The number of carbonyl (C=O) groups excluding carboxylic acids is 2. The summed E-state index contributed by atoms with van der Waals surface area (Å²) in [5.74, 6) is -1.12. The largest absolute Gasteiger partial charge is 0.460 e. The number of hydrogen-bond donors (Lipinski definition) is 1. The fraction of sp³-hybridized carbons (Fsp3) is 0.444. The number of carbonyl (C=O) groups is 2. The van der Waals surface area contributed by atoms with Gasteiger partial charge in [-0.3, -0.25) is 4.79 Å². The number of hydrogen-bond acceptors (Lipinski definition) is 4. The lowest BCUT2D eigenvalue weighted by Crippen LogP contribution is -2.35. The summed E-state index contributed by atoms with van der Waals surface area (Å²) in [6.45, 7) is 2.59. The van der Waals surface area contributed by atoms with E-state index in [9.17, 15) is 9.59 Å². The molecule has 2 aliphatic rings. The van der Waals surface area contributed by atoms with Gasteiger partial charge in [-0.25, -0.2) is 4.79 Å². The first-order valence-corrected chi connectivity index (χ1v) is 8.96. The van der Waals surface area contributed by atoms with Crippen LogP contribution in [0.1, 0.15) is 37.7 Å². The summed E-state index contributed by atoms with van der Waals surface area (Å²) in [4.78, 5) is 24.7. The van der Waals surface area contributed by atoms with Gasteiger partial charge in [0.15, 0.2) is 0 Å². The molecule has 25 heavy (non-hydrogen) atoms. The molecule has 0 saturated carbocycles. The van der Waals surface area contributed by atoms with Crippen LogP contribution in [0.25, 0.3) is 0 Å². The van der Waals surface area contributed by atoms with E-state index in [1.54, 1.807) is 25.1 Å². The summed E-state index contributed by atoms with van der Waals surface area (Å²) in [7, 11) is 0. The standard InChI is InChI=1S/C18H19Cl2NO4/c1-10-16(18(23)25-9-11-4-3-7-24-11)13(8-15(22)21-10)12-5-2-6-14(19)17(12)20/h2,5-6,11,13H,3-4,7-9H2,1H3,(H,21,22)/t11-,13+/m0/s1. The number of nitrogens with one attached hydrogen (secondary N) is 1. The molecule has 1 aromatic rings. The van der Waals surface area contributed by atoms with E-state index in [0.29, 0.717) is 33.5 Å². The number of rotatable bonds is 4. The molecule has 0 bridgehead atoms. The SMILES string of the molecule is CC1=C(C(=O)OC[C@@H]2CCCO2)[C@@H](c2cccc(Cl)c2Cl)CC(=O)N1. The second-order valence-electron chi connectivity index (χ2n) is 6.22. The third-order valence-corrected chi connectivity index (χ3v) is 5.30. The van der Waals surface area contributed by atoms with Gasteiger partial charge in [0.1, 0.15) is 6.61 Å². The van der Waals surface area contributed by atoms with E-state index in [4.69, 9.17) is 32.7 Å². The number of esters is 1. The summed E-state index contributed by atoms with van der Waals surface area (Å²) in [5, 5.41) is 3.44. The number of allylic oxidation sites excluding steroid dienone is 1. The molecule has 2 aliphatic heterocycles.